The Balaban J connectivity index is 2.53. The monoisotopic (exact) mass is 149 g/mol. The molecule has 0 radical (unpaired) electrons. The van der Waals surface area contributed by atoms with Crippen LogP contribution in [0.5, 0.6) is 0 Å². The summed E-state index contributed by atoms with van der Waals surface area (Å²) in [6.07, 6.45) is 3.29. The molecule has 0 aliphatic heterocycles. The molecule has 56 valence electrons. The third-order valence-electron chi connectivity index (χ3n) is 1.44. The summed E-state index contributed by atoms with van der Waals surface area (Å²) in [6, 6.07) is 3.74. The molecule has 0 saturated heterocycles. The number of nitrogens with zero attached hydrogens (tertiary/aromatic N) is 1. The van der Waals surface area contributed by atoms with Gasteiger partial charge in [0.05, 0.1) is 11.9 Å². The van der Waals surface area contributed by atoms with Crippen molar-refractivity contribution in [3.63, 3.8) is 0 Å². The molecule has 3 N–H and O–H groups in total. The lowest BCUT2D eigenvalue weighted by atomic mass is 10.3. The summed E-state index contributed by atoms with van der Waals surface area (Å²) in [4.78, 5) is 2.97. The van der Waals surface area contributed by atoms with Crippen molar-refractivity contribution in [2.75, 3.05) is 5.73 Å². The molecule has 0 bridgehead atoms. The van der Waals surface area contributed by atoms with Crippen LogP contribution in [0.2, 0.25) is 0 Å². The van der Waals surface area contributed by atoms with Crippen molar-refractivity contribution in [3.8, 4) is 11.5 Å². The lowest BCUT2D eigenvalue weighted by molar-refractivity contribution is 0.431. The number of hydrogen-bond acceptors (Lipinski definition) is 3. The van der Waals surface area contributed by atoms with Gasteiger partial charge in [-0.15, -0.1) is 0 Å². The van der Waals surface area contributed by atoms with Gasteiger partial charge in [0, 0.05) is 6.20 Å². The van der Waals surface area contributed by atoms with E-state index in [1.54, 1.807) is 6.20 Å². The Bertz CT molecular complexity index is 336. The predicted molar refractivity (Wildman–Crippen MR) is 40.7 cm³/mol. The largest absolute Gasteiger partial charge is 0.394 e. The molecular weight excluding hydrogens is 142 g/mol. The second kappa shape index (κ2) is 2.16. The van der Waals surface area contributed by atoms with Crippen molar-refractivity contribution in [2.45, 2.75) is 0 Å². The van der Waals surface area contributed by atoms with E-state index in [9.17, 15) is 0 Å². The molecule has 11 heavy (non-hydrogen) atoms. The predicted octanol–water partition coefficient (Wildman–Crippen LogP) is 1.25. The molecular formula is C7H7N3O. The number of nitrogen functional groups attached to an aromatic ring is 1. The highest BCUT2D eigenvalue weighted by Gasteiger charge is 2.06. The van der Waals surface area contributed by atoms with Crippen molar-refractivity contribution in [1.82, 2.24) is 10.1 Å². The van der Waals surface area contributed by atoms with E-state index in [4.69, 9.17) is 10.3 Å². The molecule has 0 aromatic carbocycles. The first kappa shape index (κ1) is 6.03. The van der Waals surface area contributed by atoms with Gasteiger partial charge in [0.15, 0.2) is 0 Å². The number of nitrogens with two attached hydrogens (primary N) is 1. The fraction of sp³-hybridized carbons (Fsp3) is 0. The topological polar surface area (TPSA) is 67.8 Å². The van der Waals surface area contributed by atoms with E-state index in [0.717, 1.165) is 5.69 Å². The Kier molecular flexibility index (Phi) is 1.18. The Hall–Kier alpha value is -1.71. The minimum Gasteiger partial charge on any atom is -0.394 e. The van der Waals surface area contributed by atoms with Crippen LogP contribution in [0.15, 0.2) is 29.0 Å². The number of rotatable bonds is 1. The first-order chi connectivity index (χ1) is 5.38. The second-order valence-corrected chi connectivity index (χ2v) is 2.19. The van der Waals surface area contributed by atoms with Crippen LogP contribution in [-0.2, 0) is 0 Å². The van der Waals surface area contributed by atoms with Gasteiger partial charge in [-0.2, -0.15) is 0 Å². The number of hydrogen-bond donors (Lipinski definition) is 2. The summed E-state index contributed by atoms with van der Waals surface area (Å²) in [5.74, 6) is 0.593. The summed E-state index contributed by atoms with van der Waals surface area (Å²) in [5, 5.41) is 3.56. The van der Waals surface area contributed by atoms with Crippen LogP contribution in [-0.4, -0.2) is 10.1 Å². The maximum absolute atomic E-state index is 5.56. The standard InChI is InChI=1S/C7H7N3O/c8-5-4-10-11-7(5)6-2-1-3-9-6/h1-4,9H,8H2. The fourth-order valence-electron chi connectivity index (χ4n) is 0.923. The Morgan fingerprint density at radius 3 is 3.00 bits per heavy atom. The van der Waals surface area contributed by atoms with Gasteiger partial charge in [0.25, 0.3) is 0 Å². The van der Waals surface area contributed by atoms with E-state index in [1.807, 2.05) is 12.1 Å². The first-order valence-electron chi connectivity index (χ1n) is 3.22. The van der Waals surface area contributed by atoms with Gasteiger partial charge in [-0.1, -0.05) is 5.16 Å². The summed E-state index contributed by atoms with van der Waals surface area (Å²) < 4.78 is 4.90. The van der Waals surface area contributed by atoms with Crippen LogP contribution in [0.1, 0.15) is 0 Å². The molecule has 0 unspecified atom stereocenters. The van der Waals surface area contributed by atoms with Crippen LogP contribution in [0, 0.1) is 0 Å². The van der Waals surface area contributed by atoms with E-state index in [2.05, 4.69) is 10.1 Å². The van der Waals surface area contributed by atoms with Crippen LogP contribution < -0.4 is 5.73 Å². The molecule has 0 spiro atoms. The van der Waals surface area contributed by atoms with Gasteiger partial charge < -0.3 is 15.2 Å². The van der Waals surface area contributed by atoms with Crippen LogP contribution >= 0.6 is 0 Å². The lowest BCUT2D eigenvalue weighted by Crippen LogP contribution is -1.83. The van der Waals surface area contributed by atoms with E-state index >= 15 is 0 Å². The van der Waals surface area contributed by atoms with Gasteiger partial charge in [0.2, 0.25) is 5.76 Å². The highest BCUT2D eigenvalue weighted by atomic mass is 16.5. The first-order valence-corrected chi connectivity index (χ1v) is 3.22. The highest BCUT2D eigenvalue weighted by Crippen LogP contribution is 2.22. The minimum absolute atomic E-state index is 0.549. The van der Waals surface area contributed by atoms with Crippen LogP contribution in [0.25, 0.3) is 11.5 Å². The quantitative estimate of drug-likeness (QED) is 0.641. The Morgan fingerprint density at radius 1 is 1.55 bits per heavy atom. The van der Waals surface area contributed by atoms with Crippen LogP contribution in [0.3, 0.4) is 0 Å². The summed E-state index contributed by atoms with van der Waals surface area (Å²) in [7, 11) is 0. The van der Waals surface area contributed by atoms with Crippen molar-refractivity contribution < 1.29 is 4.52 Å². The van der Waals surface area contributed by atoms with Gasteiger partial charge in [0.1, 0.15) is 5.69 Å². The molecule has 0 atom stereocenters. The highest BCUT2D eigenvalue weighted by molar-refractivity contribution is 5.66. The molecule has 2 aromatic heterocycles. The summed E-state index contributed by atoms with van der Waals surface area (Å²) >= 11 is 0. The third kappa shape index (κ3) is 0.881. The van der Waals surface area contributed by atoms with Gasteiger partial charge >= 0.3 is 0 Å². The van der Waals surface area contributed by atoms with Crippen molar-refractivity contribution in [3.05, 3.63) is 24.5 Å². The SMILES string of the molecule is Nc1cnoc1-c1ccc[nH]1. The molecule has 0 aliphatic carbocycles. The van der Waals surface area contributed by atoms with Crippen molar-refractivity contribution >= 4 is 5.69 Å². The maximum atomic E-state index is 5.56. The van der Waals surface area contributed by atoms with Crippen molar-refractivity contribution in [2.24, 2.45) is 0 Å². The molecule has 4 nitrogen and oxygen atoms in total. The summed E-state index contributed by atoms with van der Waals surface area (Å²) in [5.41, 5.74) is 6.95. The molecule has 0 aliphatic rings. The molecule has 4 heteroatoms. The molecule has 2 heterocycles. The smallest absolute Gasteiger partial charge is 0.205 e. The van der Waals surface area contributed by atoms with E-state index < -0.39 is 0 Å². The normalized spacial score (nSPS) is 10.2. The average molecular weight is 149 g/mol. The summed E-state index contributed by atoms with van der Waals surface area (Å²) in [6.45, 7) is 0. The lowest BCUT2D eigenvalue weighted by Gasteiger charge is -1.89. The molecule has 0 amide bonds. The zero-order chi connectivity index (χ0) is 7.68. The van der Waals surface area contributed by atoms with Gasteiger partial charge in [-0.25, -0.2) is 0 Å². The van der Waals surface area contributed by atoms with Crippen LogP contribution in [0.4, 0.5) is 5.69 Å². The second-order valence-electron chi connectivity index (χ2n) is 2.19. The zero-order valence-corrected chi connectivity index (χ0v) is 5.74. The Morgan fingerprint density at radius 2 is 2.45 bits per heavy atom. The van der Waals surface area contributed by atoms with Gasteiger partial charge in [-0.05, 0) is 12.1 Å². The fourth-order valence-corrected chi connectivity index (χ4v) is 0.923. The van der Waals surface area contributed by atoms with E-state index in [1.165, 1.54) is 6.20 Å². The average Bonchev–Trinajstić information content (AvgIpc) is 2.55. The third-order valence-corrected chi connectivity index (χ3v) is 1.44. The number of anilines is 1. The molecule has 2 aromatic rings. The number of H-pyrrole nitrogens is 1. The number of nitrogens with one attached hydrogen (secondary N) is 1. The molecule has 0 fully saturated rings. The maximum Gasteiger partial charge on any atom is 0.205 e. The van der Waals surface area contributed by atoms with Gasteiger partial charge in [-0.3, -0.25) is 0 Å². The Labute approximate surface area is 63.0 Å². The zero-order valence-electron chi connectivity index (χ0n) is 5.74. The number of aromatic nitrogens is 2. The molecule has 0 saturated carbocycles. The minimum atomic E-state index is 0.549. The number of aromatic amines is 1. The van der Waals surface area contributed by atoms with E-state index in [0.29, 0.717) is 11.4 Å². The van der Waals surface area contributed by atoms with E-state index in [-0.39, 0.29) is 0 Å². The molecule has 2 rings (SSSR count). The van der Waals surface area contributed by atoms with Crippen molar-refractivity contribution in [1.29, 1.82) is 0 Å².